The minimum atomic E-state index is -1.36. The summed E-state index contributed by atoms with van der Waals surface area (Å²) in [6, 6.07) is 6.63. The van der Waals surface area contributed by atoms with Crippen molar-refractivity contribution >= 4 is 9.04 Å². The number of rotatable bonds is 7. The molecule has 3 rings (SSSR count). The molecular weight excluding hydrogens is 393 g/mol. The van der Waals surface area contributed by atoms with Gasteiger partial charge in [-0.1, -0.05) is 46.8 Å². The third-order valence-corrected chi connectivity index (χ3v) is 6.47. The van der Waals surface area contributed by atoms with Gasteiger partial charge in [-0.15, -0.1) is 0 Å². The number of nitrogens with zero attached hydrogens (tertiary/aromatic N) is 1. The maximum atomic E-state index is 13.7. The molecule has 164 valence electrons. The Hall–Kier alpha value is -1.56. The van der Waals surface area contributed by atoms with Crippen LogP contribution in [0.5, 0.6) is 0 Å². The fourth-order valence-electron chi connectivity index (χ4n) is 4.17. The minimum absolute atomic E-state index is 0.0961. The quantitative estimate of drug-likeness (QED) is 0.513. The van der Waals surface area contributed by atoms with E-state index < -0.39 is 9.04 Å². The zero-order chi connectivity index (χ0) is 22.2. The highest BCUT2D eigenvalue weighted by molar-refractivity contribution is 6.48. The Morgan fingerprint density at radius 1 is 1.17 bits per heavy atom. The van der Waals surface area contributed by atoms with Gasteiger partial charge in [0.25, 0.3) is 0 Å². The lowest BCUT2D eigenvalue weighted by molar-refractivity contribution is 0.0856. The molecule has 1 aliphatic rings. The van der Waals surface area contributed by atoms with E-state index in [1.807, 2.05) is 12.1 Å². The topological polar surface area (TPSA) is 42.4 Å². The molecule has 1 fully saturated rings. The Balaban J connectivity index is 2.41. The van der Waals surface area contributed by atoms with Crippen molar-refractivity contribution in [2.45, 2.75) is 85.1 Å². The lowest BCUT2D eigenvalue weighted by Crippen LogP contribution is -2.28. The van der Waals surface area contributed by atoms with E-state index in [1.165, 1.54) is 12.1 Å². The van der Waals surface area contributed by atoms with Gasteiger partial charge in [-0.25, -0.2) is 4.39 Å². The lowest BCUT2D eigenvalue weighted by Gasteiger charge is -2.37. The van der Waals surface area contributed by atoms with E-state index in [4.69, 9.17) is 9.41 Å². The van der Waals surface area contributed by atoms with Crippen LogP contribution in [-0.2, 0) is 11.0 Å². The van der Waals surface area contributed by atoms with Crippen LogP contribution >= 0.6 is 0 Å². The SMILES string of the molecule is CC(C)c1nc(C2CC2)c(C(O[SiH](C)C)C(C)(C)C)c(-c2ccc(F)cc2)c1CO. The largest absolute Gasteiger partial charge is 0.413 e. The van der Waals surface area contributed by atoms with Crippen molar-refractivity contribution in [1.29, 1.82) is 0 Å². The van der Waals surface area contributed by atoms with Gasteiger partial charge in [-0.2, -0.15) is 0 Å². The Labute approximate surface area is 182 Å². The van der Waals surface area contributed by atoms with Gasteiger partial charge in [0, 0.05) is 22.7 Å². The summed E-state index contributed by atoms with van der Waals surface area (Å²) in [4.78, 5) is 5.15. The number of halogens is 1. The van der Waals surface area contributed by atoms with Crippen molar-refractivity contribution < 1.29 is 13.9 Å². The third kappa shape index (κ3) is 4.84. The summed E-state index contributed by atoms with van der Waals surface area (Å²) in [6.45, 7) is 15.1. The molecule has 30 heavy (non-hydrogen) atoms. The summed E-state index contributed by atoms with van der Waals surface area (Å²) in [6.07, 6.45) is 2.14. The molecule has 1 unspecified atom stereocenters. The van der Waals surface area contributed by atoms with Gasteiger partial charge in [0.05, 0.1) is 18.4 Å². The highest BCUT2D eigenvalue weighted by Gasteiger charge is 2.39. The van der Waals surface area contributed by atoms with E-state index in [0.717, 1.165) is 46.5 Å². The highest BCUT2D eigenvalue weighted by atomic mass is 28.3. The second-order valence-corrected chi connectivity index (χ2v) is 12.5. The molecule has 0 bridgehead atoms. The molecule has 0 spiro atoms. The molecule has 1 aliphatic carbocycles. The average Bonchev–Trinajstić information content (AvgIpc) is 3.49. The number of hydrogen-bond donors (Lipinski definition) is 1. The predicted molar refractivity (Wildman–Crippen MR) is 124 cm³/mol. The van der Waals surface area contributed by atoms with Crippen LogP contribution in [0.1, 0.15) is 87.9 Å². The van der Waals surface area contributed by atoms with Crippen LogP contribution in [0.3, 0.4) is 0 Å². The van der Waals surface area contributed by atoms with E-state index in [9.17, 15) is 9.50 Å². The Morgan fingerprint density at radius 2 is 1.77 bits per heavy atom. The fraction of sp³-hybridized carbons (Fsp3) is 0.560. The lowest BCUT2D eigenvalue weighted by atomic mass is 9.78. The van der Waals surface area contributed by atoms with E-state index >= 15 is 0 Å². The van der Waals surface area contributed by atoms with Gasteiger partial charge in [0.2, 0.25) is 0 Å². The van der Waals surface area contributed by atoms with Crippen LogP contribution in [0.15, 0.2) is 24.3 Å². The molecule has 3 nitrogen and oxygen atoms in total. The summed E-state index contributed by atoms with van der Waals surface area (Å²) >= 11 is 0. The summed E-state index contributed by atoms with van der Waals surface area (Å²) in [5.74, 6) is 0.364. The standard InChI is InChI=1S/C25H36FNO2Si/c1-15(2)22-19(14-28)20(16-10-12-18(26)13-11-16)21(23(27-22)17-8-9-17)24(25(3,4)5)29-30(6)7/h10-13,15,17,24,28,30H,8-9,14H2,1-7H3. The van der Waals surface area contributed by atoms with Crippen LogP contribution in [-0.4, -0.2) is 19.1 Å². The molecule has 5 heteroatoms. The highest BCUT2D eigenvalue weighted by Crippen LogP contribution is 2.51. The normalized spacial score (nSPS) is 15.8. The molecule has 1 aromatic heterocycles. The molecule has 0 amide bonds. The predicted octanol–water partition coefficient (Wildman–Crippen LogP) is 6.47. The molecule has 0 radical (unpaired) electrons. The van der Waals surface area contributed by atoms with Crippen molar-refractivity contribution in [3.05, 3.63) is 52.6 Å². The van der Waals surface area contributed by atoms with Crippen LogP contribution in [0.4, 0.5) is 4.39 Å². The third-order valence-electron chi connectivity index (χ3n) is 5.66. The van der Waals surface area contributed by atoms with Crippen molar-refractivity contribution in [2.24, 2.45) is 5.41 Å². The van der Waals surface area contributed by atoms with Gasteiger partial charge >= 0.3 is 0 Å². The molecule has 1 heterocycles. The number of aliphatic hydroxyl groups excluding tert-OH is 1. The van der Waals surface area contributed by atoms with Gasteiger partial charge in [0.1, 0.15) is 5.82 Å². The van der Waals surface area contributed by atoms with E-state index in [-0.39, 0.29) is 29.9 Å². The summed E-state index contributed by atoms with van der Waals surface area (Å²) in [5.41, 5.74) is 5.79. The second-order valence-electron chi connectivity index (χ2n) is 10.2. The Kier molecular flexibility index (Phi) is 6.85. The van der Waals surface area contributed by atoms with Crippen molar-refractivity contribution in [1.82, 2.24) is 4.98 Å². The van der Waals surface area contributed by atoms with E-state index in [0.29, 0.717) is 5.92 Å². The number of hydrogen-bond acceptors (Lipinski definition) is 3. The van der Waals surface area contributed by atoms with Gasteiger partial charge in [-0.3, -0.25) is 4.98 Å². The smallest absolute Gasteiger partial charge is 0.171 e. The molecular formula is C25H36FNO2Si. The van der Waals surface area contributed by atoms with Crippen molar-refractivity contribution in [2.75, 3.05) is 0 Å². The Bertz CT molecular complexity index is 884. The maximum Gasteiger partial charge on any atom is 0.171 e. The first-order valence-corrected chi connectivity index (χ1v) is 13.9. The molecule has 0 saturated heterocycles. The van der Waals surface area contributed by atoms with Crippen molar-refractivity contribution in [3.63, 3.8) is 0 Å². The first kappa shape index (κ1) is 23.1. The number of benzene rings is 1. The van der Waals surface area contributed by atoms with Crippen LogP contribution in [0, 0.1) is 11.2 Å². The Morgan fingerprint density at radius 3 is 2.20 bits per heavy atom. The molecule has 1 saturated carbocycles. The number of pyridine rings is 1. The van der Waals surface area contributed by atoms with Gasteiger partial charge in [-0.05, 0) is 60.5 Å². The van der Waals surface area contributed by atoms with Crippen LogP contribution < -0.4 is 0 Å². The number of aliphatic hydroxyl groups is 1. The molecule has 1 N–H and O–H groups in total. The summed E-state index contributed by atoms with van der Waals surface area (Å²) in [7, 11) is -1.36. The molecule has 2 aromatic rings. The fourth-order valence-corrected chi connectivity index (χ4v) is 5.26. The summed E-state index contributed by atoms with van der Waals surface area (Å²) < 4.78 is 20.4. The zero-order valence-corrected chi connectivity index (χ0v) is 20.6. The first-order valence-electron chi connectivity index (χ1n) is 11.1. The van der Waals surface area contributed by atoms with E-state index in [2.05, 4.69) is 47.7 Å². The maximum absolute atomic E-state index is 13.7. The first-order chi connectivity index (χ1) is 14.0. The molecule has 0 aliphatic heterocycles. The summed E-state index contributed by atoms with van der Waals surface area (Å²) in [5, 5.41) is 10.5. The monoisotopic (exact) mass is 429 g/mol. The second kappa shape index (κ2) is 8.89. The van der Waals surface area contributed by atoms with Gasteiger partial charge < -0.3 is 9.53 Å². The van der Waals surface area contributed by atoms with E-state index in [1.54, 1.807) is 0 Å². The molecule has 1 aromatic carbocycles. The van der Waals surface area contributed by atoms with Crippen LogP contribution in [0.25, 0.3) is 11.1 Å². The minimum Gasteiger partial charge on any atom is -0.413 e. The number of aromatic nitrogens is 1. The zero-order valence-electron chi connectivity index (χ0n) is 19.4. The van der Waals surface area contributed by atoms with Crippen LogP contribution in [0.2, 0.25) is 13.1 Å². The molecule has 1 atom stereocenters. The average molecular weight is 430 g/mol. The van der Waals surface area contributed by atoms with Gasteiger partial charge in [0.15, 0.2) is 9.04 Å². The van der Waals surface area contributed by atoms with Crippen molar-refractivity contribution in [3.8, 4) is 11.1 Å².